The molecular formula is C17H37N2O-. The minimum atomic E-state index is 0.604. The van der Waals surface area contributed by atoms with Crippen LogP contribution in [0.15, 0.2) is 0 Å². The number of rotatable bonds is 15. The number of nitrogens with two attached hydrogens (primary N) is 1. The van der Waals surface area contributed by atoms with E-state index in [1.807, 2.05) is 0 Å². The van der Waals surface area contributed by atoms with E-state index in [2.05, 4.69) is 13.8 Å². The topological polar surface area (TPSA) is 52.3 Å². The van der Waals surface area contributed by atoms with Gasteiger partial charge in [0.1, 0.15) is 0 Å². The van der Waals surface area contributed by atoms with Gasteiger partial charge in [0, 0.05) is 0 Å². The summed E-state index contributed by atoms with van der Waals surface area (Å²) in [4.78, 5) is 0. The monoisotopic (exact) mass is 285 g/mol. The predicted molar refractivity (Wildman–Crippen MR) is 89.6 cm³/mol. The lowest BCUT2D eigenvalue weighted by Gasteiger charge is -2.27. The van der Waals surface area contributed by atoms with Gasteiger partial charge in [-0.3, -0.25) is 0 Å². The Bertz CT molecular complexity index is 186. The normalized spacial score (nSPS) is 11.7. The summed E-state index contributed by atoms with van der Waals surface area (Å²) in [5.41, 5.74) is 5.38. The highest BCUT2D eigenvalue weighted by atomic mass is 16.5. The van der Waals surface area contributed by atoms with E-state index in [1.165, 1.54) is 62.9 Å². The third-order valence-corrected chi connectivity index (χ3v) is 3.80. The van der Waals surface area contributed by atoms with Crippen LogP contribution in [0, 0.1) is 11.1 Å². The Hall–Kier alpha value is -0.120. The van der Waals surface area contributed by atoms with Crippen LogP contribution in [0.4, 0.5) is 0 Å². The molecular weight excluding hydrogens is 248 g/mol. The molecule has 0 radical (unpaired) electrons. The second-order valence-corrected chi connectivity index (χ2v) is 6.44. The van der Waals surface area contributed by atoms with Gasteiger partial charge in [-0.1, -0.05) is 71.6 Å². The number of nitrogens with zero attached hydrogens (tertiary/aromatic N) is 1. The van der Waals surface area contributed by atoms with Crippen LogP contribution < -0.4 is 5.73 Å². The Morgan fingerprint density at radius 1 is 0.750 bits per heavy atom. The summed E-state index contributed by atoms with van der Waals surface area (Å²) in [6.45, 7) is 6.52. The van der Waals surface area contributed by atoms with Crippen LogP contribution in [-0.2, 0) is 0 Å². The van der Waals surface area contributed by atoms with Gasteiger partial charge in [-0.05, 0) is 38.4 Å². The SMILES string of the molecule is CC(C)CCCCCCCCCCCN([O-])CCCN. The minimum absolute atomic E-state index is 0.604. The van der Waals surface area contributed by atoms with Gasteiger partial charge in [0.15, 0.2) is 0 Å². The van der Waals surface area contributed by atoms with Crippen molar-refractivity contribution in [3.8, 4) is 0 Å². The van der Waals surface area contributed by atoms with Gasteiger partial charge in [0.25, 0.3) is 0 Å². The van der Waals surface area contributed by atoms with Crippen molar-refractivity contribution in [2.24, 2.45) is 11.7 Å². The Morgan fingerprint density at radius 2 is 1.20 bits per heavy atom. The predicted octanol–water partition coefficient (Wildman–Crippen LogP) is 4.69. The standard InChI is InChI=1S/C17H37N2O/c1-17(2)13-10-8-6-4-3-5-7-9-11-15-19(20)16-12-14-18/h17H,3-16,18H2,1-2H3/q-1. The largest absolute Gasteiger partial charge is 0.785 e. The van der Waals surface area contributed by atoms with Gasteiger partial charge in [-0.2, -0.15) is 0 Å². The molecule has 20 heavy (non-hydrogen) atoms. The summed E-state index contributed by atoms with van der Waals surface area (Å²) < 4.78 is 0. The quantitative estimate of drug-likeness (QED) is 0.351. The maximum Gasteiger partial charge on any atom is -0.00654 e. The fourth-order valence-electron chi connectivity index (χ4n) is 2.46. The van der Waals surface area contributed by atoms with Gasteiger partial charge in [0.05, 0.1) is 0 Å². The first-order chi connectivity index (χ1) is 9.66. The third kappa shape index (κ3) is 15.9. The van der Waals surface area contributed by atoms with Crippen LogP contribution in [0.5, 0.6) is 0 Å². The van der Waals surface area contributed by atoms with Crippen LogP contribution >= 0.6 is 0 Å². The van der Waals surface area contributed by atoms with Crippen LogP contribution in [0.2, 0.25) is 0 Å². The van der Waals surface area contributed by atoms with Crippen LogP contribution in [0.3, 0.4) is 0 Å². The first-order valence-electron chi connectivity index (χ1n) is 8.79. The first kappa shape index (κ1) is 19.9. The molecule has 0 aromatic carbocycles. The Morgan fingerprint density at radius 3 is 1.70 bits per heavy atom. The maximum absolute atomic E-state index is 11.3. The highest BCUT2D eigenvalue weighted by Gasteiger charge is 1.96. The van der Waals surface area contributed by atoms with Crippen molar-refractivity contribution >= 4 is 0 Å². The zero-order valence-corrected chi connectivity index (χ0v) is 13.9. The molecule has 0 amide bonds. The molecule has 0 bridgehead atoms. The van der Waals surface area contributed by atoms with Crippen molar-refractivity contribution in [1.82, 2.24) is 5.06 Å². The smallest absolute Gasteiger partial charge is 0.00654 e. The molecule has 0 saturated carbocycles. The summed E-state index contributed by atoms with van der Waals surface area (Å²) in [5.74, 6) is 0.862. The average Bonchev–Trinajstić information content (AvgIpc) is 2.42. The second kappa shape index (κ2) is 15.3. The average molecular weight is 285 g/mol. The summed E-state index contributed by atoms with van der Waals surface area (Å²) in [7, 11) is 0. The Labute approximate surface area is 126 Å². The molecule has 122 valence electrons. The lowest BCUT2D eigenvalue weighted by atomic mass is 10.0. The Balaban J connectivity index is 3.06. The summed E-state index contributed by atoms with van der Waals surface area (Å²) in [6, 6.07) is 0. The molecule has 0 fully saturated rings. The van der Waals surface area contributed by atoms with Crippen LogP contribution in [0.1, 0.15) is 84.5 Å². The molecule has 0 aliphatic heterocycles. The highest BCUT2D eigenvalue weighted by molar-refractivity contribution is 4.58. The van der Waals surface area contributed by atoms with E-state index in [-0.39, 0.29) is 0 Å². The van der Waals surface area contributed by atoms with Crippen molar-refractivity contribution in [2.75, 3.05) is 19.6 Å². The lowest BCUT2D eigenvalue weighted by molar-refractivity contribution is 0.359. The molecule has 0 unspecified atom stereocenters. The van der Waals surface area contributed by atoms with Crippen molar-refractivity contribution in [3.63, 3.8) is 0 Å². The van der Waals surface area contributed by atoms with E-state index in [4.69, 9.17) is 5.73 Å². The summed E-state index contributed by atoms with van der Waals surface area (Å²) in [6.07, 6.45) is 14.1. The molecule has 0 aliphatic carbocycles. The fraction of sp³-hybridized carbons (Fsp3) is 1.00. The lowest BCUT2D eigenvalue weighted by Crippen LogP contribution is -2.21. The van der Waals surface area contributed by atoms with Crippen LogP contribution in [0.25, 0.3) is 0 Å². The molecule has 0 aromatic heterocycles. The van der Waals surface area contributed by atoms with Gasteiger partial charge in [-0.15, -0.1) is 0 Å². The molecule has 0 atom stereocenters. The van der Waals surface area contributed by atoms with E-state index in [1.54, 1.807) is 0 Å². The van der Waals surface area contributed by atoms with E-state index in [0.717, 1.165) is 18.8 Å². The Kier molecular flexibility index (Phi) is 15.2. The number of hydrogen-bond acceptors (Lipinski definition) is 3. The summed E-state index contributed by atoms with van der Waals surface area (Å²) >= 11 is 0. The molecule has 2 N–H and O–H groups in total. The van der Waals surface area contributed by atoms with Crippen molar-refractivity contribution in [1.29, 1.82) is 0 Å². The van der Waals surface area contributed by atoms with Crippen molar-refractivity contribution < 1.29 is 0 Å². The zero-order valence-electron chi connectivity index (χ0n) is 13.9. The number of unbranched alkanes of at least 4 members (excludes halogenated alkanes) is 8. The molecule has 0 spiro atoms. The number of hydrogen-bond donors (Lipinski definition) is 1. The molecule has 3 heteroatoms. The van der Waals surface area contributed by atoms with Gasteiger partial charge >= 0.3 is 0 Å². The minimum Gasteiger partial charge on any atom is -0.785 e. The second-order valence-electron chi connectivity index (χ2n) is 6.44. The molecule has 0 saturated heterocycles. The van der Waals surface area contributed by atoms with E-state index < -0.39 is 0 Å². The third-order valence-electron chi connectivity index (χ3n) is 3.80. The van der Waals surface area contributed by atoms with Gasteiger partial charge in [0.2, 0.25) is 0 Å². The van der Waals surface area contributed by atoms with Crippen molar-refractivity contribution in [2.45, 2.75) is 84.5 Å². The summed E-state index contributed by atoms with van der Waals surface area (Å²) in [5, 5.41) is 12.5. The van der Waals surface area contributed by atoms with E-state index in [9.17, 15) is 5.21 Å². The van der Waals surface area contributed by atoms with Crippen molar-refractivity contribution in [3.05, 3.63) is 5.21 Å². The molecule has 0 aromatic rings. The fourth-order valence-corrected chi connectivity index (χ4v) is 2.46. The number of hydroxylamine groups is 2. The highest BCUT2D eigenvalue weighted by Crippen LogP contribution is 2.13. The molecule has 0 rings (SSSR count). The molecule has 0 heterocycles. The first-order valence-corrected chi connectivity index (χ1v) is 8.79. The molecule has 3 nitrogen and oxygen atoms in total. The van der Waals surface area contributed by atoms with E-state index >= 15 is 0 Å². The van der Waals surface area contributed by atoms with Crippen LogP contribution in [-0.4, -0.2) is 24.7 Å². The van der Waals surface area contributed by atoms with Gasteiger partial charge in [-0.25, -0.2) is 0 Å². The molecule has 0 aliphatic rings. The van der Waals surface area contributed by atoms with E-state index in [0.29, 0.717) is 19.6 Å². The van der Waals surface area contributed by atoms with Gasteiger partial charge < -0.3 is 16.0 Å². The zero-order chi connectivity index (χ0) is 15.1. The maximum atomic E-state index is 11.3.